The SMILES string of the molecule is C#CCNC(=O)COC(=O)c1ccc(S(=O)(=O)N2C[C@@H](C)O[C@@H](C)C2)cc1. The molecule has 1 fully saturated rings. The largest absolute Gasteiger partial charge is 0.452 e. The van der Waals surface area contributed by atoms with Crippen molar-refractivity contribution in [3.8, 4) is 12.3 Å². The molecule has 146 valence electrons. The number of ether oxygens (including phenoxy) is 2. The molecule has 1 aromatic carbocycles. The summed E-state index contributed by atoms with van der Waals surface area (Å²) in [6, 6.07) is 5.38. The number of nitrogens with one attached hydrogen (secondary N) is 1. The van der Waals surface area contributed by atoms with Crippen LogP contribution in [0.15, 0.2) is 29.2 Å². The summed E-state index contributed by atoms with van der Waals surface area (Å²) in [6.07, 6.45) is 4.62. The van der Waals surface area contributed by atoms with Gasteiger partial charge >= 0.3 is 5.97 Å². The minimum Gasteiger partial charge on any atom is -0.452 e. The van der Waals surface area contributed by atoms with Crippen LogP contribution in [0.3, 0.4) is 0 Å². The van der Waals surface area contributed by atoms with E-state index in [2.05, 4.69) is 11.2 Å². The maximum absolute atomic E-state index is 12.8. The lowest BCUT2D eigenvalue weighted by Crippen LogP contribution is -2.48. The number of carbonyl (C=O) groups excluding carboxylic acids is 2. The number of amides is 1. The molecule has 1 aromatic rings. The number of sulfonamides is 1. The van der Waals surface area contributed by atoms with E-state index in [1.54, 1.807) is 0 Å². The van der Waals surface area contributed by atoms with E-state index in [0.717, 1.165) is 0 Å². The van der Waals surface area contributed by atoms with Gasteiger partial charge in [-0.05, 0) is 38.1 Å². The van der Waals surface area contributed by atoms with Crippen molar-refractivity contribution in [1.29, 1.82) is 0 Å². The first kappa shape index (κ1) is 20.9. The molecule has 0 spiro atoms. The molecule has 1 aliphatic heterocycles. The first-order valence-corrected chi connectivity index (χ1v) is 9.81. The van der Waals surface area contributed by atoms with E-state index in [0.29, 0.717) is 0 Å². The van der Waals surface area contributed by atoms with Crippen LogP contribution in [0, 0.1) is 12.3 Å². The maximum Gasteiger partial charge on any atom is 0.338 e. The van der Waals surface area contributed by atoms with Crippen LogP contribution >= 0.6 is 0 Å². The zero-order valence-corrected chi connectivity index (χ0v) is 16.0. The van der Waals surface area contributed by atoms with Gasteiger partial charge in [0, 0.05) is 13.1 Å². The van der Waals surface area contributed by atoms with E-state index in [-0.39, 0.29) is 42.3 Å². The first-order valence-electron chi connectivity index (χ1n) is 8.37. The van der Waals surface area contributed by atoms with Gasteiger partial charge in [-0.25, -0.2) is 13.2 Å². The second-order valence-electron chi connectivity index (χ2n) is 6.16. The van der Waals surface area contributed by atoms with Crippen molar-refractivity contribution >= 4 is 21.9 Å². The Hall–Kier alpha value is -2.41. The Labute approximate surface area is 158 Å². The zero-order chi connectivity index (χ0) is 20.0. The summed E-state index contributed by atoms with van der Waals surface area (Å²) in [7, 11) is -3.69. The average molecular weight is 394 g/mol. The van der Waals surface area contributed by atoms with Crippen molar-refractivity contribution in [2.24, 2.45) is 0 Å². The van der Waals surface area contributed by atoms with Crippen LogP contribution in [0.5, 0.6) is 0 Å². The van der Waals surface area contributed by atoms with Crippen LogP contribution in [0.2, 0.25) is 0 Å². The van der Waals surface area contributed by atoms with Gasteiger partial charge in [0.05, 0.1) is 29.2 Å². The Balaban J connectivity index is 2.02. The first-order chi connectivity index (χ1) is 12.7. The van der Waals surface area contributed by atoms with E-state index in [1.165, 1.54) is 28.6 Å². The molecule has 0 bridgehead atoms. The highest BCUT2D eigenvalue weighted by Crippen LogP contribution is 2.21. The third-order valence-electron chi connectivity index (χ3n) is 3.84. The highest BCUT2D eigenvalue weighted by molar-refractivity contribution is 7.89. The molecular weight excluding hydrogens is 372 g/mol. The zero-order valence-electron chi connectivity index (χ0n) is 15.2. The molecule has 0 unspecified atom stereocenters. The van der Waals surface area contributed by atoms with Gasteiger partial charge in [0.25, 0.3) is 5.91 Å². The number of hydrogen-bond donors (Lipinski definition) is 1. The van der Waals surface area contributed by atoms with Crippen molar-refractivity contribution in [1.82, 2.24) is 9.62 Å². The molecule has 0 aromatic heterocycles. The van der Waals surface area contributed by atoms with Gasteiger partial charge < -0.3 is 14.8 Å². The monoisotopic (exact) mass is 394 g/mol. The maximum atomic E-state index is 12.8. The number of morpholine rings is 1. The lowest BCUT2D eigenvalue weighted by atomic mass is 10.2. The van der Waals surface area contributed by atoms with E-state index in [1.807, 2.05) is 13.8 Å². The van der Waals surface area contributed by atoms with Gasteiger partial charge in [-0.15, -0.1) is 6.42 Å². The van der Waals surface area contributed by atoms with Crippen molar-refractivity contribution in [2.75, 3.05) is 26.2 Å². The van der Waals surface area contributed by atoms with E-state index in [4.69, 9.17) is 15.9 Å². The molecular formula is C18H22N2O6S. The smallest absolute Gasteiger partial charge is 0.338 e. The molecule has 1 saturated heterocycles. The number of hydrogen-bond acceptors (Lipinski definition) is 6. The van der Waals surface area contributed by atoms with Gasteiger partial charge in [0.2, 0.25) is 10.0 Å². The molecule has 8 nitrogen and oxygen atoms in total. The molecule has 2 atom stereocenters. The third-order valence-corrected chi connectivity index (χ3v) is 5.68. The fourth-order valence-electron chi connectivity index (χ4n) is 2.65. The van der Waals surface area contributed by atoms with Crippen LogP contribution in [0.1, 0.15) is 24.2 Å². The summed E-state index contributed by atoms with van der Waals surface area (Å²) < 4.78 is 37.3. The van der Waals surface area contributed by atoms with Crippen LogP contribution in [0.25, 0.3) is 0 Å². The van der Waals surface area contributed by atoms with E-state index in [9.17, 15) is 18.0 Å². The number of terminal acetylenes is 1. The minimum atomic E-state index is -3.69. The van der Waals surface area contributed by atoms with Crippen molar-refractivity contribution in [3.05, 3.63) is 29.8 Å². The molecule has 1 N–H and O–H groups in total. The topological polar surface area (TPSA) is 102 Å². The number of carbonyl (C=O) groups is 2. The van der Waals surface area contributed by atoms with Gasteiger partial charge in [0.1, 0.15) is 0 Å². The Morgan fingerprint density at radius 2 is 1.85 bits per heavy atom. The Kier molecular flexibility index (Phi) is 6.96. The summed E-state index contributed by atoms with van der Waals surface area (Å²) >= 11 is 0. The normalized spacial score (nSPS) is 20.5. The second kappa shape index (κ2) is 8.99. The highest BCUT2D eigenvalue weighted by Gasteiger charge is 2.32. The van der Waals surface area contributed by atoms with Crippen LogP contribution in [-0.2, 0) is 24.3 Å². The average Bonchev–Trinajstić information content (AvgIpc) is 2.63. The number of rotatable bonds is 6. The van der Waals surface area contributed by atoms with E-state index < -0.39 is 28.5 Å². The fourth-order valence-corrected chi connectivity index (χ4v) is 4.24. The summed E-state index contributed by atoms with van der Waals surface area (Å²) in [5.74, 6) is 0.979. The van der Waals surface area contributed by atoms with Gasteiger partial charge in [-0.3, -0.25) is 4.79 Å². The predicted octanol–water partition coefficient (Wildman–Crippen LogP) is 0.391. The van der Waals surface area contributed by atoms with Crippen molar-refractivity contribution < 1.29 is 27.5 Å². The third kappa shape index (κ3) is 5.53. The molecule has 0 saturated carbocycles. The Morgan fingerprint density at radius 3 is 2.41 bits per heavy atom. The molecule has 1 amide bonds. The van der Waals surface area contributed by atoms with Gasteiger partial charge in [-0.1, -0.05) is 5.92 Å². The molecule has 1 heterocycles. The summed E-state index contributed by atoms with van der Waals surface area (Å²) in [4.78, 5) is 23.4. The lowest BCUT2D eigenvalue weighted by Gasteiger charge is -2.34. The molecule has 0 aliphatic carbocycles. The molecule has 1 aliphatic rings. The summed E-state index contributed by atoms with van der Waals surface area (Å²) in [6.45, 7) is 3.74. The van der Waals surface area contributed by atoms with E-state index >= 15 is 0 Å². The van der Waals surface area contributed by atoms with Crippen LogP contribution < -0.4 is 5.32 Å². The molecule has 27 heavy (non-hydrogen) atoms. The summed E-state index contributed by atoms with van der Waals surface area (Å²) in [5.41, 5.74) is 0.141. The van der Waals surface area contributed by atoms with Crippen LogP contribution in [0.4, 0.5) is 0 Å². The summed E-state index contributed by atoms with van der Waals surface area (Å²) in [5, 5.41) is 2.36. The Bertz CT molecular complexity index is 818. The van der Waals surface area contributed by atoms with Gasteiger partial charge in [-0.2, -0.15) is 4.31 Å². The minimum absolute atomic E-state index is 0.0434. The number of benzene rings is 1. The standard InChI is InChI=1S/C18H22N2O6S/c1-4-9-19-17(21)12-25-18(22)15-5-7-16(8-6-15)27(23,24)20-10-13(2)26-14(3)11-20/h1,5-8,13-14H,9-12H2,2-3H3,(H,19,21)/t13-,14+. The predicted molar refractivity (Wildman–Crippen MR) is 97.3 cm³/mol. The number of esters is 1. The molecule has 0 radical (unpaired) electrons. The lowest BCUT2D eigenvalue weighted by molar-refractivity contribution is -0.123. The van der Waals surface area contributed by atoms with Gasteiger partial charge in [0.15, 0.2) is 6.61 Å². The number of nitrogens with zero attached hydrogens (tertiary/aromatic N) is 1. The molecule has 2 rings (SSSR count). The van der Waals surface area contributed by atoms with Crippen molar-refractivity contribution in [2.45, 2.75) is 31.0 Å². The van der Waals surface area contributed by atoms with Crippen LogP contribution in [-0.4, -0.2) is 63.0 Å². The molecule has 9 heteroatoms. The van der Waals surface area contributed by atoms with Crippen molar-refractivity contribution in [3.63, 3.8) is 0 Å². The quantitative estimate of drug-likeness (QED) is 0.553. The fraction of sp³-hybridized carbons (Fsp3) is 0.444. The Morgan fingerprint density at radius 1 is 1.26 bits per heavy atom. The highest BCUT2D eigenvalue weighted by atomic mass is 32.2. The second-order valence-corrected chi connectivity index (χ2v) is 8.10.